The quantitative estimate of drug-likeness (QED) is 0.551. The SMILES string of the molecule is CCC(C(C)C)C(C)(C)C. The van der Waals surface area contributed by atoms with Crippen molar-refractivity contribution in [3.8, 4) is 0 Å². The third-order valence-electron chi connectivity index (χ3n) is 2.36. The maximum Gasteiger partial charge on any atom is -0.0345 e. The van der Waals surface area contributed by atoms with Gasteiger partial charge < -0.3 is 0 Å². The van der Waals surface area contributed by atoms with E-state index in [-0.39, 0.29) is 0 Å². The van der Waals surface area contributed by atoms with Crippen LogP contribution >= 0.6 is 0 Å². The molecule has 0 fully saturated rings. The van der Waals surface area contributed by atoms with Crippen molar-refractivity contribution in [2.45, 2.75) is 48.0 Å². The summed E-state index contributed by atoms with van der Waals surface area (Å²) in [6.45, 7) is 13.9. The standard InChI is InChI=1S/C10H22/c1-7-9(8(2)3)10(4,5)6/h8-9H,7H2,1-6H3. The molecule has 0 spiro atoms. The van der Waals surface area contributed by atoms with Gasteiger partial charge >= 0.3 is 0 Å². The second kappa shape index (κ2) is 3.41. The van der Waals surface area contributed by atoms with Gasteiger partial charge in [0, 0.05) is 0 Å². The summed E-state index contributed by atoms with van der Waals surface area (Å²) in [5.74, 6) is 1.69. The summed E-state index contributed by atoms with van der Waals surface area (Å²) < 4.78 is 0. The summed E-state index contributed by atoms with van der Waals surface area (Å²) in [5, 5.41) is 0. The van der Waals surface area contributed by atoms with E-state index in [0.29, 0.717) is 5.41 Å². The Balaban J connectivity index is 4.07. The molecule has 0 saturated heterocycles. The summed E-state index contributed by atoms with van der Waals surface area (Å²) in [6.07, 6.45) is 1.31. The first kappa shape index (κ1) is 10.0. The van der Waals surface area contributed by atoms with Gasteiger partial charge in [-0.25, -0.2) is 0 Å². The van der Waals surface area contributed by atoms with Crippen LogP contribution in [0.2, 0.25) is 0 Å². The van der Waals surface area contributed by atoms with Gasteiger partial charge in [0.15, 0.2) is 0 Å². The van der Waals surface area contributed by atoms with Crippen LogP contribution in [-0.4, -0.2) is 0 Å². The van der Waals surface area contributed by atoms with Crippen molar-refractivity contribution in [1.82, 2.24) is 0 Å². The molecule has 62 valence electrons. The van der Waals surface area contributed by atoms with Crippen molar-refractivity contribution in [2.75, 3.05) is 0 Å². The van der Waals surface area contributed by atoms with E-state index in [9.17, 15) is 0 Å². The molecule has 0 aliphatic carbocycles. The molecule has 0 aliphatic heterocycles. The van der Waals surface area contributed by atoms with E-state index in [2.05, 4.69) is 41.5 Å². The van der Waals surface area contributed by atoms with E-state index in [4.69, 9.17) is 0 Å². The molecule has 0 radical (unpaired) electrons. The fraction of sp³-hybridized carbons (Fsp3) is 1.00. The molecule has 0 nitrogen and oxygen atoms in total. The first-order valence-electron chi connectivity index (χ1n) is 4.39. The Bertz CT molecular complexity index is 84.7. The van der Waals surface area contributed by atoms with Crippen LogP contribution in [0, 0.1) is 17.3 Å². The van der Waals surface area contributed by atoms with Crippen LogP contribution in [0.15, 0.2) is 0 Å². The lowest BCUT2D eigenvalue weighted by atomic mass is 9.73. The normalized spacial score (nSPS) is 15.9. The molecule has 1 unspecified atom stereocenters. The van der Waals surface area contributed by atoms with Crippen molar-refractivity contribution < 1.29 is 0 Å². The molecule has 0 saturated carbocycles. The van der Waals surface area contributed by atoms with E-state index < -0.39 is 0 Å². The molecule has 0 rings (SSSR count). The van der Waals surface area contributed by atoms with Crippen LogP contribution < -0.4 is 0 Å². The maximum atomic E-state index is 2.33. The highest BCUT2D eigenvalue weighted by Gasteiger charge is 2.24. The Kier molecular flexibility index (Phi) is 3.41. The minimum atomic E-state index is 0.489. The lowest BCUT2D eigenvalue weighted by Gasteiger charge is -2.33. The fourth-order valence-corrected chi connectivity index (χ4v) is 2.08. The first-order chi connectivity index (χ1) is 4.39. The minimum absolute atomic E-state index is 0.489. The van der Waals surface area contributed by atoms with Crippen molar-refractivity contribution >= 4 is 0 Å². The molecule has 0 aromatic rings. The fourth-order valence-electron chi connectivity index (χ4n) is 2.08. The largest absolute Gasteiger partial charge is 0.0651 e. The predicted octanol–water partition coefficient (Wildman–Crippen LogP) is 3.71. The average molecular weight is 142 g/mol. The second-order valence-electron chi connectivity index (χ2n) is 4.62. The van der Waals surface area contributed by atoms with Gasteiger partial charge in [-0.05, 0) is 17.3 Å². The van der Waals surface area contributed by atoms with Crippen molar-refractivity contribution in [3.63, 3.8) is 0 Å². The molecule has 0 N–H and O–H groups in total. The molecule has 0 amide bonds. The van der Waals surface area contributed by atoms with Crippen LogP contribution in [-0.2, 0) is 0 Å². The van der Waals surface area contributed by atoms with E-state index in [1.165, 1.54) is 6.42 Å². The molecular formula is C10H22. The van der Waals surface area contributed by atoms with Gasteiger partial charge in [-0.15, -0.1) is 0 Å². The topological polar surface area (TPSA) is 0 Å². The molecule has 1 atom stereocenters. The van der Waals surface area contributed by atoms with E-state index in [1.807, 2.05) is 0 Å². The molecule has 0 aromatic carbocycles. The molecule has 0 aliphatic rings. The maximum absolute atomic E-state index is 2.33. The van der Waals surface area contributed by atoms with Crippen molar-refractivity contribution in [3.05, 3.63) is 0 Å². The highest BCUT2D eigenvalue weighted by Crippen LogP contribution is 2.33. The lowest BCUT2D eigenvalue weighted by molar-refractivity contribution is 0.172. The zero-order valence-electron chi connectivity index (χ0n) is 8.36. The smallest absolute Gasteiger partial charge is 0.0345 e. The summed E-state index contributed by atoms with van der Waals surface area (Å²) in [7, 11) is 0. The third kappa shape index (κ3) is 2.72. The van der Waals surface area contributed by atoms with Crippen LogP contribution in [0.5, 0.6) is 0 Å². The third-order valence-corrected chi connectivity index (χ3v) is 2.36. The Morgan fingerprint density at radius 1 is 1.10 bits per heavy atom. The van der Waals surface area contributed by atoms with Gasteiger partial charge in [0.2, 0.25) is 0 Å². The Morgan fingerprint density at radius 2 is 1.50 bits per heavy atom. The minimum Gasteiger partial charge on any atom is -0.0651 e. The summed E-state index contributed by atoms with van der Waals surface area (Å²) in [6, 6.07) is 0. The van der Waals surface area contributed by atoms with E-state index >= 15 is 0 Å². The molecule has 10 heavy (non-hydrogen) atoms. The predicted molar refractivity (Wildman–Crippen MR) is 48.1 cm³/mol. The molecule has 0 aromatic heterocycles. The monoisotopic (exact) mass is 142 g/mol. The summed E-state index contributed by atoms with van der Waals surface area (Å²) in [5.41, 5.74) is 0.489. The van der Waals surface area contributed by atoms with Gasteiger partial charge in [-0.2, -0.15) is 0 Å². The Morgan fingerprint density at radius 3 is 1.50 bits per heavy atom. The van der Waals surface area contributed by atoms with Crippen LogP contribution in [0.1, 0.15) is 48.0 Å². The molecular weight excluding hydrogens is 120 g/mol. The highest BCUT2D eigenvalue weighted by atomic mass is 14.3. The second-order valence-corrected chi connectivity index (χ2v) is 4.62. The highest BCUT2D eigenvalue weighted by molar-refractivity contribution is 4.74. The van der Waals surface area contributed by atoms with Crippen molar-refractivity contribution in [1.29, 1.82) is 0 Å². The number of hydrogen-bond acceptors (Lipinski definition) is 0. The van der Waals surface area contributed by atoms with Crippen LogP contribution in [0.4, 0.5) is 0 Å². The first-order valence-corrected chi connectivity index (χ1v) is 4.39. The Labute approximate surface area is 66.0 Å². The van der Waals surface area contributed by atoms with Gasteiger partial charge in [-0.1, -0.05) is 48.0 Å². The number of hydrogen-bond donors (Lipinski definition) is 0. The van der Waals surface area contributed by atoms with Gasteiger partial charge in [0.25, 0.3) is 0 Å². The van der Waals surface area contributed by atoms with Crippen LogP contribution in [0.3, 0.4) is 0 Å². The molecule has 0 bridgehead atoms. The zero-order chi connectivity index (χ0) is 8.36. The molecule has 0 heteroatoms. The van der Waals surface area contributed by atoms with Gasteiger partial charge in [0.1, 0.15) is 0 Å². The zero-order valence-corrected chi connectivity index (χ0v) is 8.36. The van der Waals surface area contributed by atoms with E-state index in [1.54, 1.807) is 0 Å². The Hall–Kier alpha value is 0. The van der Waals surface area contributed by atoms with Gasteiger partial charge in [0.05, 0.1) is 0 Å². The number of rotatable bonds is 2. The average Bonchev–Trinajstić information content (AvgIpc) is 1.60. The summed E-state index contributed by atoms with van der Waals surface area (Å²) in [4.78, 5) is 0. The lowest BCUT2D eigenvalue weighted by Crippen LogP contribution is -2.24. The van der Waals surface area contributed by atoms with Gasteiger partial charge in [-0.3, -0.25) is 0 Å². The summed E-state index contributed by atoms with van der Waals surface area (Å²) >= 11 is 0. The van der Waals surface area contributed by atoms with Crippen LogP contribution in [0.25, 0.3) is 0 Å². The van der Waals surface area contributed by atoms with Crippen molar-refractivity contribution in [2.24, 2.45) is 17.3 Å². The molecule has 0 heterocycles. The van der Waals surface area contributed by atoms with E-state index in [0.717, 1.165) is 11.8 Å².